The molecule has 22 heavy (non-hydrogen) atoms. The van der Waals surface area contributed by atoms with E-state index in [4.69, 9.17) is 17.3 Å². The van der Waals surface area contributed by atoms with Crippen LogP contribution in [0.3, 0.4) is 0 Å². The summed E-state index contributed by atoms with van der Waals surface area (Å²) in [6.45, 7) is 3.96. The first kappa shape index (κ1) is 18.7. The van der Waals surface area contributed by atoms with Crippen LogP contribution in [0.2, 0.25) is 5.02 Å². The second-order valence-electron chi connectivity index (χ2n) is 5.79. The number of rotatable bonds is 4. The SMILES string of the molecule is CC1(CN)CCN(C(=O)Cc2ccc([N+](=O)[O-])cc2Cl)C1.Cl. The minimum atomic E-state index is -0.509. The number of nitro groups is 1. The molecule has 0 aromatic heterocycles. The third kappa shape index (κ3) is 4.09. The normalized spacial score (nSPS) is 20.6. The third-order valence-electron chi connectivity index (χ3n) is 3.99. The maximum absolute atomic E-state index is 12.3. The van der Waals surface area contributed by atoms with Gasteiger partial charge in [0.2, 0.25) is 5.91 Å². The van der Waals surface area contributed by atoms with Gasteiger partial charge in [0.25, 0.3) is 5.69 Å². The van der Waals surface area contributed by atoms with Crippen molar-refractivity contribution in [2.75, 3.05) is 19.6 Å². The van der Waals surface area contributed by atoms with Crippen molar-refractivity contribution in [1.82, 2.24) is 4.90 Å². The number of halogens is 2. The van der Waals surface area contributed by atoms with Crippen molar-refractivity contribution in [2.45, 2.75) is 19.8 Å². The van der Waals surface area contributed by atoms with Crippen molar-refractivity contribution in [3.8, 4) is 0 Å². The number of non-ortho nitro benzene ring substituents is 1. The molecule has 6 nitrogen and oxygen atoms in total. The van der Waals surface area contributed by atoms with Gasteiger partial charge in [0.15, 0.2) is 0 Å². The third-order valence-corrected chi connectivity index (χ3v) is 4.34. The molecule has 1 aliphatic heterocycles. The van der Waals surface area contributed by atoms with Crippen LogP contribution in [-0.2, 0) is 11.2 Å². The topological polar surface area (TPSA) is 89.5 Å². The number of nitro benzene ring substituents is 1. The van der Waals surface area contributed by atoms with Gasteiger partial charge in [-0.15, -0.1) is 12.4 Å². The van der Waals surface area contributed by atoms with Crippen LogP contribution in [0.15, 0.2) is 18.2 Å². The van der Waals surface area contributed by atoms with Crippen LogP contribution in [0, 0.1) is 15.5 Å². The monoisotopic (exact) mass is 347 g/mol. The number of amides is 1. The van der Waals surface area contributed by atoms with E-state index in [1.165, 1.54) is 18.2 Å². The highest BCUT2D eigenvalue weighted by atomic mass is 35.5. The van der Waals surface area contributed by atoms with Crippen LogP contribution in [0.5, 0.6) is 0 Å². The number of nitrogens with two attached hydrogens (primary N) is 1. The van der Waals surface area contributed by atoms with Gasteiger partial charge in [0.05, 0.1) is 16.4 Å². The van der Waals surface area contributed by atoms with E-state index in [0.29, 0.717) is 25.2 Å². The highest BCUT2D eigenvalue weighted by molar-refractivity contribution is 6.31. The van der Waals surface area contributed by atoms with Crippen LogP contribution >= 0.6 is 24.0 Å². The molecule has 1 atom stereocenters. The summed E-state index contributed by atoms with van der Waals surface area (Å²) in [6.07, 6.45) is 1.04. The molecule has 0 radical (unpaired) electrons. The van der Waals surface area contributed by atoms with E-state index in [-0.39, 0.29) is 40.9 Å². The number of likely N-dealkylation sites (tertiary alicyclic amines) is 1. The van der Waals surface area contributed by atoms with Gasteiger partial charge in [0, 0.05) is 25.2 Å². The highest BCUT2D eigenvalue weighted by Gasteiger charge is 2.34. The molecule has 1 fully saturated rings. The standard InChI is InChI=1S/C14H18ClN3O3.ClH/c1-14(8-16)4-5-17(9-14)13(19)6-10-2-3-11(18(20)21)7-12(10)15;/h2-3,7H,4-6,8-9,16H2,1H3;1H. The molecule has 1 saturated heterocycles. The average Bonchev–Trinajstić information content (AvgIpc) is 2.84. The summed E-state index contributed by atoms with van der Waals surface area (Å²) in [5.41, 5.74) is 6.24. The summed E-state index contributed by atoms with van der Waals surface area (Å²) in [6, 6.07) is 4.18. The molecule has 1 aromatic carbocycles. The smallest absolute Gasteiger partial charge is 0.270 e. The second kappa shape index (κ2) is 7.26. The lowest BCUT2D eigenvalue weighted by Crippen LogP contribution is -2.35. The largest absolute Gasteiger partial charge is 0.342 e. The van der Waals surface area contributed by atoms with Gasteiger partial charge in [-0.05, 0) is 23.9 Å². The minimum absolute atomic E-state index is 0. The van der Waals surface area contributed by atoms with Crippen molar-refractivity contribution in [3.05, 3.63) is 38.9 Å². The Morgan fingerprint density at radius 3 is 2.73 bits per heavy atom. The number of hydrogen-bond donors (Lipinski definition) is 1. The van der Waals surface area contributed by atoms with Crippen LogP contribution in [0.25, 0.3) is 0 Å². The zero-order chi connectivity index (χ0) is 15.6. The van der Waals surface area contributed by atoms with E-state index in [9.17, 15) is 14.9 Å². The van der Waals surface area contributed by atoms with Gasteiger partial charge in [-0.25, -0.2) is 0 Å². The van der Waals surface area contributed by atoms with Crippen molar-refractivity contribution >= 4 is 35.6 Å². The minimum Gasteiger partial charge on any atom is -0.342 e. The highest BCUT2D eigenvalue weighted by Crippen LogP contribution is 2.29. The van der Waals surface area contributed by atoms with Gasteiger partial charge in [-0.1, -0.05) is 24.6 Å². The lowest BCUT2D eigenvalue weighted by atomic mass is 9.90. The summed E-state index contributed by atoms with van der Waals surface area (Å²) < 4.78 is 0. The molecular weight excluding hydrogens is 329 g/mol. The Balaban J connectivity index is 0.00000242. The van der Waals surface area contributed by atoms with E-state index in [2.05, 4.69) is 6.92 Å². The molecular formula is C14H19Cl2N3O3. The lowest BCUT2D eigenvalue weighted by Gasteiger charge is -2.22. The van der Waals surface area contributed by atoms with E-state index in [1.807, 2.05) is 0 Å². The van der Waals surface area contributed by atoms with Gasteiger partial charge in [-0.2, -0.15) is 0 Å². The molecule has 1 heterocycles. The van der Waals surface area contributed by atoms with E-state index in [0.717, 1.165) is 6.42 Å². The first-order valence-electron chi connectivity index (χ1n) is 6.75. The zero-order valence-electron chi connectivity index (χ0n) is 12.3. The molecule has 2 rings (SSSR count). The predicted molar refractivity (Wildman–Crippen MR) is 87.4 cm³/mol. The fraction of sp³-hybridized carbons (Fsp3) is 0.500. The molecule has 2 N–H and O–H groups in total. The first-order valence-corrected chi connectivity index (χ1v) is 7.13. The summed E-state index contributed by atoms with van der Waals surface area (Å²) in [5.74, 6) is -0.0251. The van der Waals surface area contributed by atoms with E-state index >= 15 is 0 Å². The fourth-order valence-corrected chi connectivity index (χ4v) is 2.71. The Morgan fingerprint density at radius 2 is 2.23 bits per heavy atom. The average molecular weight is 348 g/mol. The maximum Gasteiger partial charge on any atom is 0.270 e. The number of nitrogens with zero attached hydrogens (tertiary/aromatic N) is 2. The molecule has 1 aliphatic rings. The van der Waals surface area contributed by atoms with E-state index < -0.39 is 4.92 Å². The number of hydrogen-bond acceptors (Lipinski definition) is 4. The van der Waals surface area contributed by atoms with Gasteiger partial charge in [0.1, 0.15) is 0 Å². The predicted octanol–water partition coefficient (Wildman–Crippen LogP) is 2.41. The zero-order valence-corrected chi connectivity index (χ0v) is 13.8. The Hall–Kier alpha value is -1.37. The summed E-state index contributed by atoms with van der Waals surface area (Å²) in [4.78, 5) is 24.2. The Kier molecular flexibility index (Phi) is 6.17. The van der Waals surface area contributed by atoms with Crippen LogP contribution < -0.4 is 5.73 Å². The van der Waals surface area contributed by atoms with Gasteiger partial charge in [-0.3, -0.25) is 14.9 Å². The van der Waals surface area contributed by atoms with Gasteiger partial charge < -0.3 is 10.6 Å². The molecule has 8 heteroatoms. The molecule has 1 aromatic rings. The summed E-state index contributed by atoms with van der Waals surface area (Å²) in [7, 11) is 0. The first-order chi connectivity index (χ1) is 9.84. The maximum atomic E-state index is 12.3. The number of carbonyl (C=O) groups excluding carboxylic acids is 1. The molecule has 0 spiro atoms. The van der Waals surface area contributed by atoms with Crippen molar-refractivity contribution in [1.29, 1.82) is 0 Å². The van der Waals surface area contributed by atoms with Crippen LogP contribution in [-0.4, -0.2) is 35.4 Å². The fourth-order valence-electron chi connectivity index (χ4n) is 2.47. The number of benzene rings is 1. The Labute approximate surface area is 140 Å². The molecule has 0 bridgehead atoms. The van der Waals surface area contributed by atoms with Crippen LogP contribution in [0.1, 0.15) is 18.9 Å². The molecule has 0 saturated carbocycles. The van der Waals surface area contributed by atoms with Crippen molar-refractivity contribution in [2.24, 2.45) is 11.1 Å². The summed E-state index contributed by atoms with van der Waals surface area (Å²) >= 11 is 6.01. The Morgan fingerprint density at radius 1 is 1.55 bits per heavy atom. The van der Waals surface area contributed by atoms with Crippen LogP contribution in [0.4, 0.5) is 5.69 Å². The Bertz CT molecular complexity index is 582. The summed E-state index contributed by atoms with van der Waals surface area (Å²) in [5, 5.41) is 10.9. The van der Waals surface area contributed by atoms with Crippen molar-refractivity contribution in [3.63, 3.8) is 0 Å². The molecule has 122 valence electrons. The molecule has 1 amide bonds. The lowest BCUT2D eigenvalue weighted by molar-refractivity contribution is -0.384. The van der Waals surface area contributed by atoms with Crippen molar-refractivity contribution < 1.29 is 9.72 Å². The quantitative estimate of drug-likeness (QED) is 0.668. The number of carbonyl (C=O) groups is 1. The van der Waals surface area contributed by atoms with Gasteiger partial charge >= 0.3 is 0 Å². The molecule has 0 aliphatic carbocycles. The second-order valence-corrected chi connectivity index (χ2v) is 6.20. The molecule has 1 unspecified atom stereocenters. The van der Waals surface area contributed by atoms with E-state index in [1.54, 1.807) is 4.90 Å².